The number of likely N-dealkylation sites (tertiary alicyclic amines) is 1. The van der Waals surface area contributed by atoms with Gasteiger partial charge in [-0.25, -0.2) is 0 Å². The number of hydrogen-bond donors (Lipinski definition) is 1. The summed E-state index contributed by atoms with van der Waals surface area (Å²) < 4.78 is 1.84. The molecule has 2 heterocycles. The summed E-state index contributed by atoms with van der Waals surface area (Å²) in [6.07, 6.45) is 4.58. The number of rotatable bonds is 3. The first-order valence-corrected chi connectivity index (χ1v) is 6.72. The fourth-order valence-corrected chi connectivity index (χ4v) is 2.52. The highest BCUT2D eigenvalue weighted by Crippen LogP contribution is 2.26. The van der Waals surface area contributed by atoms with Gasteiger partial charge in [0.1, 0.15) is 0 Å². The Labute approximate surface area is 107 Å². The summed E-state index contributed by atoms with van der Waals surface area (Å²) in [6.45, 7) is 1.71. The highest BCUT2D eigenvalue weighted by Gasteiger charge is 2.24. The Morgan fingerprint density at radius 3 is 2.76 bits per heavy atom. The number of hydrogen-bond acceptors (Lipinski definition) is 3. The number of piperidine rings is 1. The summed E-state index contributed by atoms with van der Waals surface area (Å²) in [7, 11) is 1.94. The lowest BCUT2D eigenvalue weighted by molar-refractivity contribution is -0.131. The molecule has 0 spiro atoms. The Kier molecular flexibility index (Phi) is 4.10. The Morgan fingerprint density at radius 1 is 1.53 bits per heavy atom. The van der Waals surface area contributed by atoms with Crippen LogP contribution in [0.1, 0.15) is 30.9 Å². The second-order valence-electron chi connectivity index (χ2n) is 4.54. The quantitative estimate of drug-likeness (QED) is 0.828. The lowest BCUT2D eigenvalue weighted by Gasteiger charge is -2.31. The molecule has 0 aromatic carbocycles. The number of aryl methyl sites for hydroxylation is 1. The Balaban J connectivity index is 1.88. The van der Waals surface area contributed by atoms with Crippen molar-refractivity contribution in [3.8, 4) is 0 Å². The van der Waals surface area contributed by atoms with E-state index in [0.717, 1.165) is 31.6 Å². The van der Waals surface area contributed by atoms with Crippen LogP contribution in [0.25, 0.3) is 0 Å². The highest BCUT2D eigenvalue weighted by atomic mass is 32.1. The van der Waals surface area contributed by atoms with E-state index in [1.807, 2.05) is 22.8 Å². The molecule has 1 aromatic heterocycles. The minimum absolute atomic E-state index is 0.236. The van der Waals surface area contributed by atoms with Crippen LogP contribution < -0.4 is 0 Å². The maximum atomic E-state index is 11.7. The van der Waals surface area contributed by atoms with Crippen molar-refractivity contribution in [2.24, 2.45) is 7.05 Å². The van der Waals surface area contributed by atoms with Gasteiger partial charge in [-0.05, 0) is 24.7 Å². The Bertz CT molecular complexity index is 383. The molecule has 0 radical (unpaired) electrons. The summed E-state index contributed by atoms with van der Waals surface area (Å²) >= 11 is 4.10. The highest BCUT2D eigenvalue weighted by molar-refractivity contribution is 7.80. The molecule has 4 nitrogen and oxygen atoms in total. The number of thiol groups is 1. The van der Waals surface area contributed by atoms with Crippen LogP contribution in [0.15, 0.2) is 12.3 Å². The van der Waals surface area contributed by atoms with Crippen molar-refractivity contribution in [1.82, 2.24) is 14.7 Å². The molecule has 1 fully saturated rings. The molecule has 0 atom stereocenters. The largest absolute Gasteiger partial charge is 0.343 e. The molecule has 0 bridgehead atoms. The average molecular weight is 253 g/mol. The third-order valence-corrected chi connectivity index (χ3v) is 3.55. The van der Waals surface area contributed by atoms with Crippen molar-refractivity contribution in [1.29, 1.82) is 0 Å². The molecule has 1 saturated heterocycles. The van der Waals surface area contributed by atoms with Gasteiger partial charge in [-0.15, -0.1) is 0 Å². The van der Waals surface area contributed by atoms with Gasteiger partial charge in [-0.2, -0.15) is 17.7 Å². The predicted molar refractivity (Wildman–Crippen MR) is 70.2 cm³/mol. The first-order chi connectivity index (χ1) is 8.20. The van der Waals surface area contributed by atoms with Gasteiger partial charge < -0.3 is 4.90 Å². The second-order valence-corrected chi connectivity index (χ2v) is 4.99. The van der Waals surface area contributed by atoms with Crippen LogP contribution in [-0.2, 0) is 11.8 Å². The van der Waals surface area contributed by atoms with E-state index < -0.39 is 0 Å². The van der Waals surface area contributed by atoms with Crippen molar-refractivity contribution in [2.45, 2.75) is 25.2 Å². The molecule has 0 saturated carbocycles. The average Bonchev–Trinajstić information content (AvgIpc) is 2.76. The van der Waals surface area contributed by atoms with Crippen molar-refractivity contribution >= 4 is 18.5 Å². The summed E-state index contributed by atoms with van der Waals surface area (Å²) in [5.41, 5.74) is 1.16. The van der Waals surface area contributed by atoms with E-state index in [9.17, 15) is 4.79 Å². The number of carbonyl (C=O) groups is 1. The van der Waals surface area contributed by atoms with Gasteiger partial charge in [0.15, 0.2) is 0 Å². The first kappa shape index (κ1) is 12.5. The van der Waals surface area contributed by atoms with E-state index >= 15 is 0 Å². The molecule has 0 N–H and O–H groups in total. The van der Waals surface area contributed by atoms with Crippen molar-refractivity contribution in [2.75, 3.05) is 18.8 Å². The van der Waals surface area contributed by atoms with Gasteiger partial charge >= 0.3 is 0 Å². The first-order valence-electron chi connectivity index (χ1n) is 6.09. The van der Waals surface area contributed by atoms with Crippen molar-refractivity contribution in [3.05, 3.63) is 18.0 Å². The van der Waals surface area contributed by atoms with Crippen molar-refractivity contribution in [3.63, 3.8) is 0 Å². The monoisotopic (exact) mass is 253 g/mol. The molecule has 17 heavy (non-hydrogen) atoms. The number of aromatic nitrogens is 2. The van der Waals surface area contributed by atoms with E-state index in [0.29, 0.717) is 18.1 Å². The molecule has 2 rings (SSSR count). The van der Waals surface area contributed by atoms with Gasteiger partial charge in [0.05, 0.1) is 5.69 Å². The summed E-state index contributed by atoms with van der Waals surface area (Å²) in [6, 6.07) is 2.08. The van der Waals surface area contributed by atoms with E-state index in [4.69, 9.17) is 0 Å². The van der Waals surface area contributed by atoms with Gasteiger partial charge in [-0.3, -0.25) is 9.48 Å². The summed E-state index contributed by atoms with van der Waals surface area (Å²) in [5.74, 6) is 1.38. The molecule has 0 aliphatic carbocycles. The minimum Gasteiger partial charge on any atom is -0.343 e. The van der Waals surface area contributed by atoms with E-state index in [1.165, 1.54) is 0 Å². The molecular formula is C12H19N3OS. The smallest absolute Gasteiger partial charge is 0.223 e. The van der Waals surface area contributed by atoms with Crippen LogP contribution >= 0.6 is 12.6 Å². The van der Waals surface area contributed by atoms with Crippen LogP contribution in [0.2, 0.25) is 0 Å². The summed E-state index contributed by atoms with van der Waals surface area (Å²) in [5, 5.41) is 4.44. The van der Waals surface area contributed by atoms with Gasteiger partial charge in [0.25, 0.3) is 0 Å². The zero-order valence-electron chi connectivity index (χ0n) is 10.2. The molecule has 1 aromatic rings. The molecule has 1 aliphatic heterocycles. The van der Waals surface area contributed by atoms with Crippen LogP contribution in [0.3, 0.4) is 0 Å². The van der Waals surface area contributed by atoms with Crippen LogP contribution in [0.5, 0.6) is 0 Å². The summed E-state index contributed by atoms with van der Waals surface area (Å²) in [4.78, 5) is 13.7. The normalized spacial score (nSPS) is 17.4. The fraction of sp³-hybridized carbons (Fsp3) is 0.667. The molecular weight excluding hydrogens is 234 g/mol. The van der Waals surface area contributed by atoms with E-state index in [-0.39, 0.29) is 5.91 Å². The Hall–Kier alpha value is -0.970. The zero-order valence-corrected chi connectivity index (χ0v) is 11.1. The molecule has 94 valence electrons. The van der Waals surface area contributed by atoms with Crippen LogP contribution in [-0.4, -0.2) is 39.4 Å². The molecule has 1 amide bonds. The van der Waals surface area contributed by atoms with E-state index in [2.05, 4.69) is 23.8 Å². The maximum absolute atomic E-state index is 11.7. The number of carbonyl (C=O) groups excluding carboxylic acids is 1. The minimum atomic E-state index is 0.236. The SMILES string of the molecule is Cn1ccc(C2CCN(C(=O)CCS)CC2)n1. The molecule has 5 heteroatoms. The maximum Gasteiger partial charge on any atom is 0.223 e. The standard InChI is InChI=1S/C12H19N3OS/c1-14-6-4-11(13-14)10-2-7-15(8-3-10)12(16)5-9-17/h4,6,10,17H,2-3,5,7-9H2,1H3. The number of nitrogens with zero attached hydrogens (tertiary/aromatic N) is 3. The van der Waals surface area contributed by atoms with Crippen molar-refractivity contribution < 1.29 is 4.79 Å². The fourth-order valence-electron chi connectivity index (χ4n) is 2.33. The van der Waals surface area contributed by atoms with Gasteiger partial charge in [0, 0.05) is 38.7 Å². The topological polar surface area (TPSA) is 38.1 Å². The van der Waals surface area contributed by atoms with E-state index in [1.54, 1.807) is 0 Å². The van der Waals surface area contributed by atoms with Gasteiger partial charge in [-0.1, -0.05) is 0 Å². The van der Waals surface area contributed by atoms with Gasteiger partial charge in [0.2, 0.25) is 5.91 Å². The third kappa shape index (κ3) is 3.03. The Morgan fingerprint density at radius 2 is 2.24 bits per heavy atom. The van der Waals surface area contributed by atoms with Crippen LogP contribution in [0.4, 0.5) is 0 Å². The number of amides is 1. The predicted octanol–water partition coefficient (Wildman–Crippen LogP) is 1.45. The van der Waals surface area contributed by atoms with Crippen LogP contribution in [0, 0.1) is 0 Å². The zero-order chi connectivity index (χ0) is 12.3. The lowest BCUT2D eigenvalue weighted by Crippen LogP contribution is -2.38. The molecule has 0 unspecified atom stereocenters. The molecule has 1 aliphatic rings. The second kappa shape index (κ2) is 5.58. The third-order valence-electron chi connectivity index (χ3n) is 3.33. The lowest BCUT2D eigenvalue weighted by atomic mass is 9.93.